The van der Waals surface area contributed by atoms with Crippen molar-refractivity contribution in [1.82, 2.24) is 0 Å². The fourth-order valence-electron chi connectivity index (χ4n) is 8.02. The molecule has 5 fully saturated rings. The molecule has 26 heavy (non-hydrogen) atoms. The number of anilines is 1. The van der Waals surface area contributed by atoms with Crippen molar-refractivity contribution in [3.8, 4) is 0 Å². The number of carbonyl (C=O) groups excluding carboxylic acids is 2. The molecule has 1 unspecified atom stereocenters. The van der Waals surface area contributed by atoms with E-state index in [1.165, 1.54) is 17.6 Å². The van der Waals surface area contributed by atoms with Crippen LogP contribution < -0.4 is 10.2 Å². The Morgan fingerprint density at radius 3 is 2.96 bits per heavy atom. The Labute approximate surface area is 153 Å². The highest BCUT2D eigenvalue weighted by Gasteiger charge is 2.83. The van der Waals surface area contributed by atoms with Crippen LogP contribution in [0.1, 0.15) is 44.1 Å². The van der Waals surface area contributed by atoms with E-state index in [2.05, 4.69) is 23.5 Å². The van der Waals surface area contributed by atoms with Crippen molar-refractivity contribution < 1.29 is 19.2 Å². The number of esters is 1. The van der Waals surface area contributed by atoms with Gasteiger partial charge in [-0.2, -0.15) is 0 Å². The molecular formula is C21H25N2O3+. The molecule has 2 N–H and O–H groups in total. The maximum atomic E-state index is 13.2. The highest BCUT2D eigenvalue weighted by atomic mass is 16.5. The molecule has 1 aromatic rings. The fourth-order valence-corrected chi connectivity index (χ4v) is 8.02. The number of rotatable bonds is 1. The zero-order chi connectivity index (χ0) is 17.7. The average molecular weight is 353 g/mol. The van der Waals surface area contributed by atoms with Gasteiger partial charge in [0.1, 0.15) is 6.04 Å². The molecule has 2 saturated heterocycles. The Kier molecular flexibility index (Phi) is 2.63. The minimum absolute atomic E-state index is 0.0967. The molecule has 0 aromatic heterocycles. The molecule has 5 nitrogen and oxygen atoms in total. The first-order valence-electron chi connectivity index (χ1n) is 9.92. The third kappa shape index (κ3) is 1.36. The summed E-state index contributed by atoms with van der Waals surface area (Å²) in [5.41, 5.74) is 1.86. The highest BCUT2D eigenvalue weighted by molar-refractivity contribution is 5.84. The van der Waals surface area contributed by atoms with Crippen molar-refractivity contribution in [2.75, 3.05) is 19.0 Å². The highest BCUT2D eigenvalue weighted by Crippen LogP contribution is 2.71. The number of methoxy groups -OCH3 is 1. The topological polar surface area (TPSA) is 59.8 Å². The number of hydrogen-bond donors (Lipinski definition) is 2. The molecule has 3 aliphatic carbocycles. The summed E-state index contributed by atoms with van der Waals surface area (Å²) in [5.74, 6) is 0.0817. The van der Waals surface area contributed by atoms with E-state index in [9.17, 15) is 9.59 Å². The number of carbonyl (C=O) groups is 2. The largest absolute Gasteiger partial charge is 0.469 e. The Balaban J connectivity index is 1.67. The molecule has 6 aliphatic rings. The number of amides is 1. The molecule has 3 spiro atoms. The maximum absolute atomic E-state index is 13.2. The summed E-state index contributed by atoms with van der Waals surface area (Å²) < 4.78 is 5.28. The summed E-state index contributed by atoms with van der Waals surface area (Å²) >= 11 is 0. The number of hydrogen-bond acceptors (Lipinski definition) is 4. The van der Waals surface area contributed by atoms with Gasteiger partial charge >= 0.3 is 11.9 Å². The number of fused-ring (bicyclic) bond motifs is 3. The normalized spacial score (nSPS) is 47.0. The molecule has 3 heterocycles. The van der Waals surface area contributed by atoms with Gasteiger partial charge in [-0.3, -0.25) is 9.69 Å². The predicted molar refractivity (Wildman–Crippen MR) is 94.7 cm³/mol. The van der Waals surface area contributed by atoms with Crippen LogP contribution in [0, 0.1) is 11.3 Å². The van der Waals surface area contributed by atoms with E-state index < -0.39 is 0 Å². The molecule has 2 bridgehead atoms. The van der Waals surface area contributed by atoms with Crippen LogP contribution in [-0.2, 0) is 19.7 Å². The van der Waals surface area contributed by atoms with Crippen molar-refractivity contribution in [2.24, 2.45) is 11.3 Å². The van der Waals surface area contributed by atoms with Crippen molar-refractivity contribution in [1.29, 1.82) is 0 Å². The van der Waals surface area contributed by atoms with E-state index in [1.54, 1.807) is 0 Å². The molecule has 1 amide bonds. The first-order chi connectivity index (χ1) is 12.6. The van der Waals surface area contributed by atoms with Crippen LogP contribution in [0.5, 0.6) is 0 Å². The van der Waals surface area contributed by atoms with Gasteiger partial charge in [0.05, 0.1) is 36.9 Å². The van der Waals surface area contributed by atoms with Crippen LogP contribution in [0.25, 0.3) is 0 Å². The molecule has 6 atom stereocenters. The summed E-state index contributed by atoms with van der Waals surface area (Å²) in [7, 11) is 1.50. The van der Waals surface area contributed by atoms with Gasteiger partial charge in [0.15, 0.2) is 0 Å². The number of benzene rings is 1. The van der Waals surface area contributed by atoms with Gasteiger partial charge in [-0.1, -0.05) is 18.2 Å². The lowest BCUT2D eigenvalue weighted by Gasteiger charge is -2.66. The van der Waals surface area contributed by atoms with Gasteiger partial charge in [-0.15, -0.1) is 0 Å². The number of para-hydroxylation sites is 1. The second-order valence-electron chi connectivity index (χ2n) is 9.17. The predicted octanol–water partition coefficient (Wildman–Crippen LogP) is 1.04. The average Bonchev–Trinajstić information content (AvgIpc) is 3.14. The van der Waals surface area contributed by atoms with Crippen LogP contribution in [-0.4, -0.2) is 37.1 Å². The summed E-state index contributed by atoms with van der Waals surface area (Å²) in [6, 6.07) is 8.76. The number of ether oxygens (including phenoxy) is 1. The second-order valence-corrected chi connectivity index (χ2v) is 9.17. The van der Waals surface area contributed by atoms with Crippen LogP contribution in [0.3, 0.4) is 0 Å². The molecule has 3 saturated carbocycles. The lowest BCUT2D eigenvalue weighted by Crippen LogP contribution is -3.20. The Bertz CT molecular complexity index is 853. The first-order valence-corrected chi connectivity index (χ1v) is 9.92. The van der Waals surface area contributed by atoms with Crippen molar-refractivity contribution >= 4 is 17.6 Å². The molecular weight excluding hydrogens is 328 g/mol. The minimum atomic E-state index is -0.370. The van der Waals surface area contributed by atoms with E-state index in [0.29, 0.717) is 18.4 Å². The molecule has 7 rings (SSSR count). The lowest BCUT2D eigenvalue weighted by atomic mass is 9.39. The fraction of sp³-hybridized carbons (Fsp3) is 0.619. The molecule has 5 heteroatoms. The third-order valence-corrected chi connectivity index (χ3v) is 8.64. The number of quaternary nitrogens is 1. The molecule has 0 radical (unpaired) electrons. The minimum Gasteiger partial charge on any atom is -0.469 e. The first kappa shape index (κ1) is 15.2. The Morgan fingerprint density at radius 1 is 1.27 bits per heavy atom. The van der Waals surface area contributed by atoms with Gasteiger partial charge in [0.25, 0.3) is 0 Å². The van der Waals surface area contributed by atoms with Crippen LogP contribution in [0.4, 0.5) is 5.69 Å². The van der Waals surface area contributed by atoms with E-state index in [-0.39, 0.29) is 28.3 Å². The van der Waals surface area contributed by atoms with Gasteiger partial charge in [-0.25, -0.2) is 4.79 Å². The van der Waals surface area contributed by atoms with Gasteiger partial charge in [0, 0.05) is 11.1 Å². The SMILES string of the molecule is COC(=O)[C@H]1C[C@]23CCC[NH+]4C(=O)C[C@]5(c6ccccc6N[C@@]15CC2)[C@H]43. The van der Waals surface area contributed by atoms with Gasteiger partial charge in [-0.05, 0) is 43.7 Å². The van der Waals surface area contributed by atoms with E-state index in [0.717, 1.165) is 44.3 Å². The molecule has 1 aromatic carbocycles. The smallest absolute Gasteiger partial charge is 0.313 e. The third-order valence-electron chi connectivity index (χ3n) is 8.64. The van der Waals surface area contributed by atoms with Crippen molar-refractivity contribution in [2.45, 2.75) is 55.5 Å². The second kappa shape index (κ2) is 4.50. The van der Waals surface area contributed by atoms with Crippen LogP contribution in [0.2, 0.25) is 0 Å². The lowest BCUT2D eigenvalue weighted by molar-refractivity contribution is -0.863. The summed E-state index contributed by atoms with van der Waals surface area (Å²) in [5, 5.41) is 3.81. The zero-order valence-corrected chi connectivity index (χ0v) is 15.1. The molecule has 136 valence electrons. The summed E-state index contributed by atoms with van der Waals surface area (Å²) in [6.45, 7) is 0.953. The van der Waals surface area contributed by atoms with E-state index in [4.69, 9.17) is 4.74 Å². The van der Waals surface area contributed by atoms with Crippen molar-refractivity contribution in [3.63, 3.8) is 0 Å². The Hall–Kier alpha value is -1.88. The maximum Gasteiger partial charge on any atom is 0.313 e. The molecule has 3 aliphatic heterocycles. The standard InChI is InChI=1S/C21H24N2O3/c1-26-17(25)14-11-19-7-4-10-23-16(24)12-20(18(19)23)13-5-2-3-6-15(13)22-21(14,20)9-8-19/h2-3,5-6,14,18,22H,4,7-12H2,1H3/p+1/t14-,18-,19+,20+,21+/m1/s1. The van der Waals surface area contributed by atoms with Crippen LogP contribution in [0.15, 0.2) is 24.3 Å². The van der Waals surface area contributed by atoms with Gasteiger partial charge in [0.2, 0.25) is 0 Å². The van der Waals surface area contributed by atoms with Crippen LogP contribution >= 0.6 is 0 Å². The van der Waals surface area contributed by atoms with E-state index >= 15 is 0 Å². The summed E-state index contributed by atoms with van der Waals surface area (Å²) in [4.78, 5) is 27.3. The number of piperidine rings is 1. The Morgan fingerprint density at radius 2 is 2.12 bits per heavy atom. The monoisotopic (exact) mass is 353 g/mol. The quantitative estimate of drug-likeness (QED) is 0.741. The van der Waals surface area contributed by atoms with Gasteiger partial charge < -0.3 is 10.1 Å². The number of nitrogens with one attached hydrogen (secondary N) is 2. The van der Waals surface area contributed by atoms with E-state index in [1.807, 2.05) is 6.07 Å². The summed E-state index contributed by atoms with van der Waals surface area (Å²) in [6.07, 6.45) is 5.73. The zero-order valence-electron chi connectivity index (χ0n) is 15.1. The van der Waals surface area contributed by atoms with Crippen molar-refractivity contribution in [3.05, 3.63) is 29.8 Å².